The number of carboxylic acid groups (broad SMARTS) is 1. The van der Waals surface area contributed by atoms with Crippen molar-refractivity contribution in [3.63, 3.8) is 0 Å². The maximum absolute atomic E-state index is 12.8. The largest absolute Gasteiger partial charge is 0.481 e. The average molecular weight is 394 g/mol. The standard InChI is InChI=1S/C17H18N2O5S2/c1-10(14(20)18-6-4-11(5-7-18)16(22)23)19-15(21)13(26-17(19)25)9-12-3-2-8-24-12/h2-3,8-11H,4-7H2,1H3,(H,22,23). The van der Waals surface area contributed by atoms with E-state index in [0.29, 0.717) is 40.9 Å². The Morgan fingerprint density at radius 1 is 1.42 bits per heavy atom. The predicted molar refractivity (Wildman–Crippen MR) is 100 cm³/mol. The molecule has 2 aliphatic rings. The molecule has 2 aliphatic heterocycles. The van der Waals surface area contributed by atoms with Crippen LogP contribution in [0.25, 0.3) is 6.08 Å². The van der Waals surface area contributed by atoms with Gasteiger partial charge in [0.1, 0.15) is 16.1 Å². The van der Waals surface area contributed by atoms with E-state index in [-0.39, 0.29) is 11.8 Å². The number of carbonyl (C=O) groups is 3. The molecule has 1 atom stereocenters. The van der Waals surface area contributed by atoms with Crippen molar-refractivity contribution in [1.29, 1.82) is 0 Å². The van der Waals surface area contributed by atoms with Crippen LogP contribution in [0.5, 0.6) is 0 Å². The van der Waals surface area contributed by atoms with Gasteiger partial charge in [0.15, 0.2) is 0 Å². The Balaban J connectivity index is 1.68. The maximum atomic E-state index is 12.8. The first-order valence-electron chi connectivity index (χ1n) is 8.20. The van der Waals surface area contributed by atoms with Gasteiger partial charge in [-0.1, -0.05) is 24.0 Å². The number of amides is 2. The highest BCUT2D eigenvalue weighted by atomic mass is 32.2. The van der Waals surface area contributed by atoms with Crippen molar-refractivity contribution in [3.05, 3.63) is 29.1 Å². The van der Waals surface area contributed by atoms with Crippen molar-refractivity contribution in [2.75, 3.05) is 13.1 Å². The Hall–Kier alpha value is -2.13. The van der Waals surface area contributed by atoms with Gasteiger partial charge in [0.2, 0.25) is 5.91 Å². The van der Waals surface area contributed by atoms with Gasteiger partial charge in [0.05, 0.1) is 17.1 Å². The molecule has 3 rings (SSSR count). The molecule has 0 aliphatic carbocycles. The van der Waals surface area contributed by atoms with Crippen LogP contribution in [0.2, 0.25) is 0 Å². The molecule has 2 saturated heterocycles. The van der Waals surface area contributed by atoms with Gasteiger partial charge >= 0.3 is 5.97 Å². The number of thiocarbonyl (C=S) groups is 1. The molecule has 1 aromatic rings. The van der Waals surface area contributed by atoms with Crippen LogP contribution >= 0.6 is 24.0 Å². The van der Waals surface area contributed by atoms with E-state index in [1.54, 1.807) is 30.0 Å². The molecule has 1 unspecified atom stereocenters. The minimum Gasteiger partial charge on any atom is -0.481 e. The van der Waals surface area contributed by atoms with Crippen molar-refractivity contribution in [2.45, 2.75) is 25.8 Å². The van der Waals surface area contributed by atoms with E-state index >= 15 is 0 Å². The van der Waals surface area contributed by atoms with Crippen LogP contribution in [0.1, 0.15) is 25.5 Å². The second-order valence-electron chi connectivity index (χ2n) is 6.18. The van der Waals surface area contributed by atoms with Crippen LogP contribution in [-0.2, 0) is 14.4 Å². The summed E-state index contributed by atoms with van der Waals surface area (Å²) in [5.41, 5.74) is 0. The highest BCUT2D eigenvalue weighted by molar-refractivity contribution is 8.26. The zero-order chi connectivity index (χ0) is 18.8. The Morgan fingerprint density at radius 2 is 2.12 bits per heavy atom. The number of nitrogens with zero attached hydrogens (tertiary/aromatic N) is 2. The summed E-state index contributed by atoms with van der Waals surface area (Å²) in [4.78, 5) is 39.8. The molecule has 1 N–H and O–H groups in total. The fourth-order valence-corrected chi connectivity index (χ4v) is 4.44. The number of aliphatic carboxylic acids is 1. The molecular weight excluding hydrogens is 376 g/mol. The van der Waals surface area contributed by atoms with Crippen LogP contribution in [0.4, 0.5) is 0 Å². The van der Waals surface area contributed by atoms with E-state index in [1.807, 2.05) is 0 Å². The average Bonchev–Trinajstić information content (AvgIpc) is 3.22. The van der Waals surface area contributed by atoms with Crippen molar-refractivity contribution >= 4 is 52.2 Å². The fourth-order valence-electron chi connectivity index (χ4n) is 3.04. The fraction of sp³-hybridized carbons (Fsp3) is 0.412. The van der Waals surface area contributed by atoms with Gasteiger partial charge in [0.25, 0.3) is 5.91 Å². The van der Waals surface area contributed by atoms with Crippen molar-refractivity contribution in [3.8, 4) is 0 Å². The molecule has 0 saturated carbocycles. The summed E-state index contributed by atoms with van der Waals surface area (Å²) in [6, 6.07) is 2.72. The smallest absolute Gasteiger partial charge is 0.306 e. The maximum Gasteiger partial charge on any atom is 0.306 e. The molecule has 2 fully saturated rings. The van der Waals surface area contributed by atoms with Crippen LogP contribution in [0.15, 0.2) is 27.7 Å². The van der Waals surface area contributed by atoms with Crippen LogP contribution in [0, 0.1) is 5.92 Å². The van der Waals surface area contributed by atoms with E-state index in [2.05, 4.69) is 0 Å². The number of hydrogen-bond donors (Lipinski definition) is 1. The summed E-state index contributed by atoms with van der Waals surface area (Å²) < 4.78 is 5.55. The molecule has 3 heterocycles. The lowest BCUT2D eigenvalue weighted by Gasteiger charge is -2.34. The van der Waals surface area contributed by atoms with Crippen molar-refractivity contribution in [1.82, 2.24) is 9.80 Å². The van der Waals surface area contributed by atoms with Gasteiger partial charge in [-0.3, -0.25) is 19.3 Å². The lowest BCUT2D eigenvalue weighted by atomic mass is 9.96. The van der Waals surface area contributed by atoms with Gasteiger partial charge < -0.3 is 14.4 Å². The van der Waals surface area contributed by atoms with E-state index in [4.69, 9.17) is 21.7 Å². The Labute approximate surface area is 160 Å². The van der Waals surface area contributed by atoms with Crippen LogP contribution in [0.3, 0.4) is 0 Å². The van der Waals surface area contributed by atoms with E-state index in [0.717, 1.165) is 11.8 Å². The number of likely N-dealkylation sites (tertiary alicyclic amines) is 1. The topological polar surface area (TPSA) is 91.1 Å². The number of carboxylic acids is 1. The molecule has 0 radical (unpaired) electrons. The normalized spacial score (nSPS) is 21.5. The molecule has 9 heteroatoms. The predicted octanol–water partition coefficient (Wildman–Crippen LogP) is 2.19. The van der Waals surface area contributed by atoms with Gasteiger partial charge in [-0.05, 0) is 31.9 Å². The molecule has 0 spiro atoms. The van der Waals surface area contributed by atoms with E-state index in [9.17, 15) is 14.4 Å². The SMILES string of the molecule is CC(C(=O)N1CCC(C(=O)O)CC1)N1C(=O)C(=Cc2ccco2)SC1=S. The van der Waals surface area contributed by atoms with E-state index < -0.39 is 17.9 Å². The quantitative estimate of drug-likeness (QED) is 0.618. The number of hydrogen-bond acceptors (Lipinski definition) is 6. The number of thioether (sulfide) groups is 1. The van der Waals surface area contributed by atoms with Gasteiger partial charge in [-0.2, -0.15) is 0 Å². The van der Waals surface area contributed by atoms with Crippen LogP contribution < -0.4 is 0 Å². The van der Waals surface area contributed by atoms with Gasteiger partial charge in [-0.15, -0.1) is 0 Å². The summed E-state index contributed by atoms with van der Waals surface area (Å²) >= 11 is 6.43. The minimum absolute atomic E-state index is 0.218. The lowest BCUT2D eigenvalue weighted by Crippen LogP contribution is -2.51. The van der Waals surface area contributed by atoms with Crippen molar-refractivity contribution < 1.29 is 23.9 Å². The molecule has 138 valence electrons. The number of carbonyl (C=O) groups excluding carboxylic acids is 2. The van der Waals surface area contributed by atoms with Crippen LogP contribution in [-0.4, -0.2) is 56.1 Å². The van der Waals surface area contributed by atoms with Gasteiger partial charge in [-0.25, -0.2) is 0 Å². The first-order valence-corrected chi connectivity index (χ1v) is 9.43. The summed E-state index contributed by atoms with van der Waals surface area (Å²) in [7, 11) is 0. The first kappa shape index (κ1) is 18.7. The zero-order valence-corrected chi connectivity index (χ0v) is 15.7. The highest BCUT2D eigenvalue weighted by Gasteiger charge is 2.40. The number of furan rings is 1. The summed E-state index contributed by atoms with van der Waals surface area (Å²) in [5, 5.41) is 9.06. The second-order valence-corrected chi connectivity index (χ2v) is 7.86. The molecular formula is C17H18N2O5S2. The Morgan fingerprint density at radius 3 is 2.69 bits per heavy atom. The molecule has 0 bridgehead atoms. The monoisotopic (exact) mass is 394 g/mol. The number of rotatable bonds is 4. The molecule has 26 heavy (non-hydrogen) atoms. The Kier molecular flexibility index (Phi) is 5.47. The lowest BCUT2D eigenvalue weighted by molar-refractivity contribution is -0.147. The first-order chi connectivity index (χ1) is 12.4. The van der Waals surface area contributed by atoms with Crippen molar-refractivity contribution in [2.24, 2.45) is 5.92 Å². The molecule has 2 amide bonds. The third-order valence-electron chi connectivity index (χ3n) is 4.54. The molecule has 1 aromatic heterocycles. The third-order valence-corrected chi connectivity index (χ3v) is 5.87. The molecule has 7 nitrogen and oxygen atoms in total. The summed E-state index contributed by atoms with van der Waals surface area (Å²) in [6.07, 6.45) is 3.96. The summed E-state index contributed by atoms with van der Waals surface area (Å²) in [5.74, 6) is -1.24. The highest BCUT2D eigenvalue weighted by Crippen LogP contribution is 2.34. The van der Waals surface area contributed by atoms with E-state index in [1.165, 1.54) is 11.2 Å². The number of piperidine rings is 1. The Bertz CT molecular complexity index is 766. The summed E-state index contributed by atoms with van der Waals surface area (Å²) in [6.45, 7) is 2.39. The third kappa shape index (κ3) is 3.68. The second kappa shape index (κ2) is 7.63. The minimum atomic E-state index is -0.829. The van der Waals surface area contributed by atoms with Gasteiger partial charge in [0, 0.05) is 19.2 Å². The zero-order valence-electron chi connectivity index (χ0n) is 14.1. The molecule has 0 aromatic carbocycles.